The molecule has 7 nitrogen and oxygen atoms in total. The average molecular weight is 563 g/mol. The van der Waals surface area contributed by atoms with Crippen LogP contribution in [0.25, 0.3) is 16.6 Å². The summed E-state index contributed by atoms with van der Waals surface area (Å²) < 4.78 is 21.7. The monoisotopic (exact) mass is 562 g/mol. The van der Waals surface area contributed by atoms with Gasteiger partial charge in [-0.25, -0.2) is 14.2 Å². The van der Waals surface area contributed by atoms with E-state index in [0.717, 1.165) is 38.5 Å². The Kier molecular flexibility index (Phi) is 6.85. The summed E-state index contributed by atoms with van der Waals surface area (Å²) in [6.45, 7) is 1.39. The molecule has 0 bridgehead atoms. The largest absolute Gasteiger partial charge is 0.492 e. The summed E-state index contributed by atoms with van der Waals surface area (Å²) in [5, 5.41) is 17.7. The van der Waals surface area contributed by atoms with Crippen LogP contribution in [0.2, 0.25) is 5.02 Å². The third kappa shape index (κ3) is 4.91. The maximum atomic E-state index is 13.8. The van der Waals surface area contributed by atoms with E-state index >= 15 is 0 Å². The van der Waals surface area contributed by atoms with Crippen molar-refractivity contribution >= 4 is 45.1 Å². The Balaban J connectivity index is 1.38. The number of rotatable bonds is 7. The van der Waals surface area contributed by atoms with Crippen molar-refractivity contribution in [1.29, 1.82) is 0 Å². The zero-order chi connectivity index (χ0) is 26.9. The van der Waals surface area contributed by atoms with Gasteiger partial charge >= 0.3 is 6.09 Å². The minimum Gasteiger partial charge on any atom is -0.492 e. The van der Waals surface area contributed by atoms with Crippen molar-refractivity contribution in [3.63, 3.8) is 0 Å². The molecule has 5 aromatic rings. The highest BCUT2D eigenvalue weighted by molar-refractivity contribution is 7.13. The summed E-state index contributed by atoms with van der Waals surface area (Å²) in [5.74, 6) is 0.344. The number of hydrogen-bond donors (Lipinski definition) is 2. The lowest BCUT2D eigenvalue weighted by atomic mass is 9.92. The van der Waals surface area contributed by atoms with Crippen molar-refractivity contribution in [3.8, 4) is 11.4 Å². The standard InChI is InChI=1S/C29H24ClFN4O3S/c30-19-3-10-25-24(17-19)23-11-14-34(29(36)37)26(27(23)35(25)21-6-4-20(31)5-7-21)18-1-8-22(9-2-18)38-15-12-32-28-33-13-16-39-28/h1-10,13,16-17,26H,11-12,14-15H2,(H,32,33)(H,36,37). The second kappa shape index (κ2) is 10.6. The number of benzene rings is 3. The molecule has 1 amide bonds. The predicted molar refractivity (Wildman–Crippen MR) is 151 cm³/mol. The number of carboxylic acid groups (broad SMARTS) is 1. The van der Waals surface area contributed by atoms with Crippen LogP contribution in [0.3, 0.4) is 0 Å². The number of nitrogens with one attached hydrogen (secondary N) is 1. The van der Waals surface area contributed by atoms with Gasteiger partial charge in [0.25, 0.3) is 0 Å². The number of carbonyl (C=O) groups is 1. The van der Waals surface area contributed by atoms with E-state index in [0.29, 0.717) is 36.9 Å². The first-order valence-electron chi connectivity index (χ1n) is 12.4. The number of nitrogens with zero attached hydrogens (tertiary/aromatic N) is 3. The van der Waals surface area contributed by atoms with E-state index in [2.05, 4.69) is 10.3 Å². The van der Waals surface area contributed by atoms with Crippen molar-refractivity contribution in [2.75, 3.05) is 25.0 Å². The topological polar surface area (TPSA) is 79.6 Å². The van der Waals surface area contributed by atoms with Gasteiger partial charge in [0.1, 0.15) is 24.2 Å². The maximum Gasteiger partial charge on any atom is 0.408 e. The number of thiazole rings is 1. The lowest BCUT2D eigenvalue weighted by Gasteiger charge is -2.35. The van der Waals surface area contributed by atoms with Gasteiger partial charge in [0.2, 0.25) is 0 Å². The van der Waals surface area contributed by atoms with E-state index in [4.69, 9.17) is 16.3 Å². The fourth-order valence-corrected chi connectivity index (χ4v) is 5.93. The fourth-order valence-electron chi connectivity index (χ4n) is 5.20. The molecule has 198 valence electrons. The van der Waals surface area contributed by atoms with Gasteiger partial charge in [0, 0.05) is 34.2 Å². The highest BCUT2D eigenvalue weighted by atomic mass is 35.5. The zero-order valence-electron chi connectivity index (χ0n) is 20.7. The highest BCUT2D eigenvalue weighted by Gasteiger charge is 2.37. The van der Waals surface area contributed by atoms with E-state index in [1.807, 2.05) is 52.4 Å². The van der Waals surface area contributed by atoms with E-state index in [1.165, 1.54) is 28.4 Å². The number of aromatic nitrogens is 2. The molecule has 3 heterocycles. The van der Waals surface area contributed by atoms with Crippen molar-refractivity contribution < 1.29 is 19.0 Å². The van der Waals surface area contributed by atoms with Crippen LogP contribution in [0.1, 0.15) is 22.9 Å². The molecular weight excluding hydrogens is 539 g/mol. The average Bonchev–Trinajstić information content (AvgIpc) is 3.57. The first-order chi connectivity index (χ1) is 19.0. The SMILES string of the molecule is O=C(O)N1CCc2c(n(-c3ccc(F)cc3)c3ccc(Cl)cc23)C1c1ccc(OCCNc2nccs2)cc1. The molecule has 1 unspecified atom stereocenters. The summed E-state index contributed by atoms with van der Waals surface area (Å²) in [4.78, 5) is 18.1. The molecule has 10 heteroatoms. The van der Waals surface area contributed by atoms with Gasteiger partial charge in [-0.15, -0.1) is 11.3 Å². The molecular formula is C29H24ClFN4O3S. The van der Waals surface area contributed by atoms with Crippen LogP contribution in [-0.2, 0) is 6.42 Å². The molecule has 1 aliphatic heterocycles. The van der Waals surface area contributed by atoms with Gasteiger partial charge in [-0.2, -0.15) is 0 Å². The van der Waals surface area contributed by atoms with Crippen LogP contribution < -0.4 is 10.1 Å². The summed E-state index contributed by atoms with van der Waals surface area (Å²) in [6.07, 6.45) is 1.28. The van der Waals surface area contributed by atoms with Gasteiger partial charge in [0.05, 0.1) is 17.8 Å². The van der Waals surface area contributed by atoms with E-state index < -0.39 is 12.1 Å². The molecule has 2 N–H and O–H groups in total. The second-order valence-electron chi connectivity index (χ2n) is 9.15. The Morgan fingerprint density at radius 3 is 2.67 bits per heavy atom. The molecule has 0 aliphatic carbocycles. The molecule has 1 aliphatic rings. The third-order valence-electron chi connectivity index (χ3n) is 6.85. The lowest BCUT2D eigenvalue weighted by Crippen LogP contribution is -2.40. The first-order valence-corrected chi connectivity index (χ1v) is 13.7. The molecule has 0 radical (unpaired) electrons. The lowest BCUT2D eigenvalue weighted by molar-refractivity contribution is 0.128. The maximum absolute atomic E-state index is 13.8. The molecule has 39 heavy (non-hydrogen) atoms. The normalized spacial score (nSPS) is 14.8. The molecule has 3 aromatic carbocycles. The van der Waals surface area contributed by atoms with Gasteiger partial charge in [-0.3, -0.25) is 4.90 Å². The van der Waals surface area contributed by atoms with Crippen LogP contribution in [0.15, 0.2) is 78.3 Å². The van der Waals surface area contributed by atoms with Crippen molar-refractivity contribution in [2.45, 2.75) is 12.5 Å². The van der Waals surface area contributed by atoms with Crippen LogP contribution in [0.4, 0.5) is 14.3 Å². The number of hydrogen-bond acceptors (Lipinski definition) is 5. The van der Waals surface area contributed by atoms with Crippen LogP contribution in [-0.4, -0.2) is 45.3 Å². The minimum absolute atomic E-state index is 0.336. The quantitative estimate of drug-likeness (QED) is 0.209. The summed E-state index contributed by atoms with van der Waals surface area (Å²) in [7, 11) is 0. The van der Waals surface area contributed by atoms with E-state index in [9.17, 15) is 14.3 Å². The molecule has 0 saturated carbocycles. The summed E-state index contributed by atoms with van der Waals surface area (Å²) in [5.41, 5.74) is 4.31. The van der Waals surface area contributed by atoms with Gasteiger partial charge in [-0.1, -0.05) is 23.7 Å². The van der Waals surface area contributed by atoms with E-state index in [1.54, 1.807) is 18.3 Å². The molecule has 0 spiro atoms. The van der Waals surface area contributed by atoms with Crippen molar-refractivity contribution in [3.05, 3.63) is 106 Å². The zero-order valence-corrected chi connectivity index (χ0v) is 22.3. The number of anilines is 1. The Labute approximate surface area is 233 Å². The molecule has 0 saturated heterocycles. The molecule has 0 fully saturated rings. The van der Waals surface area contributed by atoms with Crippen LogP contribution >= 0.6 is 22.9 Å². The Morgan fingerprint density at radius 1 is 1.15 bits per heavy atom. The van der Waals surface area contributed by atoms with Crippen LogP contribution in [0, 0.1) is 5.82 Å². The molecule has 6 rings (SSSR count). The Morgan fingerprint density at radius 2 is 1.95 bits per heavy atom. The smallest absolute Gasteiger partial charge is 0.408 e. The first kappa shape index (κ1) is 25.2. The van der Waals surface area contributed by atoms with Gasteiger partial charge in [0.15, 0.2) is 5.13 Å². The number of amides is 1. The Bertz CT molecular complexity index is 1620. The molecule has 1 atom stereocenters. The Hall–Kier alpha value is -4.08. The number of ether oxygens (including phenoxy) is 1. The summed E-state index contributed by atoms with van der Waals surface area (Å²) >= 11 is 7.91. The third-order valence-corrected chi connectivity index (χ3v) is 7.82. The van der Waals surface area contributed by atoms with Gasteiger partial charge in [-0.05, 0) is 72.1 Å². The predicted octanol–water partition coefficient (Wildman–Crippen LogP) is 7.00. The van der Waals surface area contributed by atoms with Crippen molar-refractivity contribution in [1.82, 2.24) is 14.5 Å². The van der Waals surface area contributed by atoms with Crippen molar-refractivity contribution in [2.24, 2.45) is 0 Å². The van der Waals surface area contributed by atoms with Crippen LogP contribution in [0.5, 0.6) is 5.75 Å². The second-order valence-corrected chi connectivity index (χ2v) is 10.5. The number of fused-ring (bicyclic) bond motifs is 3. The van der Waals surface area contributed by atoms with E-state index in [-0.39, 0.29) is 5.82 Å². The summed E-state index contributed by atoms with van der Waals surface area (Å²) in [6, 6.07) is 18.8. The fraction of sp³-hybridized carbons (Fsp3) is 0.172. The van der Waals surface area contributed by atoms with Gasteiger partial charge < -0.3 is 19.7 Å². The number of halogens is 2. The molecule has 2 aromatic heterocycles. The highest BCUT2D eigenvalue weighted by Crippen LogP contribution is 2.43. The minimum atomic E-state index is -1.01.